The number of nitrogens with zero attached hydrogens (tertiary/aromatic N) is 1. The number of aromatic nitrogens is 1. The molecule has 0 unspecified atom stereocenters. The third-order valence-electron chi connectivity index (χ3n) is 3.11. The topological polar surface area (TPSA) is 48.1 Å². The number of pyridine rings is 1. The van der Waals surface area contributed by atoms with Gasteiger partial charge in [-0.1, -0.05) is 30.4 Å². The minimum Gasteiger partial charge on any atom is -0.438 e. The molecule has 0 fully saturated rings. The highest BCUT2D eigenvalue weighted by Gasteiger charge is 2.11. The van der Waals surface area contributed by atoms with Crippen molar-refractivity contribution in [2.24, 2.45) is 5.73 Å². The van der Waals surface area contributed by atoms with E-state index in [0.717, 1.165) is 28.1 Å². The molecule has 0 aliphatic carbocycles. The first-order valence-electron chi connectivity index (χ1n) is 6.72. The molecule has 0 aliphatic heterocycles. The fourth-order valence-electron chi connectivity index (χ4n) is 2.16. The number of para-hydroxylation sites is 1. The summed E-state index contributed by atoms with van der Waals surface area (Å²) in [7, 11) is 0. The van der Waals surface area contributed by atoms with Crippen LogP contribution in [0.25, 0.3) is 6.08 Å². The molecule has 0 bridgehead atoms. The van der Waals surface area contributed by atoms with Crippen LogP contribution in [-0.2, 0) is 6.54 Å². The van der Waals surface area contributed by atoms with Gasteiger partial charge in [0.2, 0.25) is 5.88 Å². The first-order chi connectivity index (χ1) is 9.65. The average Bonchev–Trinajstić information content (AvgIpc) is 2.41. The van der Waals surface area contributed by atoms with Crippen LogP contribution in [0.3, 0.4) is 0 Å². The van der Waals surface area contributed by atoms with Crippen molar-refractivity contribution in [3.05, 3.63) is 58.8 Å². The minimum absolute atomic E-state index is 0.417. The van der Waals surface area contributed by atoms with Crippen LogP contribution in [0.1, 0.15) is 29.3 Å². The number of ether oxygens (including phenoxy) is 1. The van der Waals surface area contributed by atoms with Crippen molar-refractivity contribution in [1.82, 2.24) is 4.98 Å². The molecule has 1 aromatic heterocycles. The molecule has 0 saturated carbocycles. The van der Waals surface area contributed by atoms with Crippen LogP contribution in [-0.4, -0.2) is 4.98 Å². The molecular formula is C17H20N2O. The molecule has 3 nitrogen and oxygen atoms in total. The monoisotopic (exact) mass is 268 g/mol. The molecule has 1 aromatic carbocycles. The number of allylic oxidation sites excluding steroid dienone is 1. The Morgan fingerprint density at radius 1 is 1.25 bits per heavy atom. The molecule has 0 aliphatic rings. The van der Waals surface area contributed by atoms with Gasteiger partial charge in [0.15, 0.2) is 0 Å². The van der Waals surface area contributed by atoms with Gasteiger partial charge >= 0.3 is 0 Å². The lowest BCUT2D eigenvalue weighted by Gasteiger charge is -2.13. The summed E-state index contributed by atoms with van der Waals surface area (Å²) in [6.07, 6.45) is 4.00. The van der Waals surface area contributed by atoms with Gasteiger partial charge in [-0.2, -0.15) is 0 Å². The predicted molar refractivity (Wildman–Crippen MR) is 82.8 cm³/mol. The fourth-order valence-corrected chi connectivity index (χ4v) is 2.16. The predicted octanol–water partition coefficient (Wildman–Crippen LogP) is 3.98. The average molecular weight is 268 g/mol. The fraction of sp³-hybridized carbons (Fsp3) is 0.235. The Hall–Kier alpha value is -2.13. The van der Waals surface area contributed by atoms with E-state index in [9.17, 15) is 0 Å². The summed E-state index contributed by atoms with van der Waals surface area (Å²) in [6.45, 7) is 6.39. The maximum absolute atomic E-state index is 6.00. The number of hydrogen-bond donors (Lipinski definition) is 1. The molecule has 0 spiro atoms. The summed E-state index contributed by atoms with van der Waals surface area (Å²) < 4.78 is 6.00. The van der Waals surface area contributed by atoms with E-state index in [1.165, 1.54) is 0 Å². The number of rotatable bonds is 4. The standard InChI is InChI=1S/C17H20N2O/c1-4-7-14-8-5-6-9-16(14)20-17-15(11-18)12(2)10-13(3)19-17/h4-10H,11,18H2,1-3H3. The van der Waals surface area contributed by atoms with Crippen LogP contribution in [0, 0.1) is 13.8 Å². The molecule has 104 valence electrons. The van der Waals surface area contributed by atoms with Gasteiger partial charge in [0.25, 0.3) is 0 Å². The zero-order valence-electron chi connectivity index (χ0n) is 12.2. The van der Waals surface area contributed by atoms with E-state index in [4.69, 9.17) is 10.5 Å². The lowest BCUT2D eigenvalue weighted by atomic mass is 10.1. The smallest absolute Gasteiger partial charge is 0.224 e. The van der Waals surface area contributed by atoms with Crippen LogP contribution < -0.4 is 10.5 Å². The Morgan fingerprint density at radius 3 is 2.70 bits per heavy atom. The van der Waals surface area contributed by atoms with E-state index in [0.29, 0.717) is 12.4 Å². The van der Waals surface area contributed by atoms with Gasteiger partial charge in [0.1, 0.15) is 5.75 Å². The molecule has 2 rings (SSSR count). The largest absolute Gasteiger partial charge is 0.438 e. The molecule has 0 radical (unpaired) electrons. The second-order valence-corrected chi connectivity index (χ2v) is 4.71. The van der Waals surface area contributed by atoms with Crippen LogP contribution in [0.15, 0.2) is 36.4 Å². The van der Waals surface area contributed by atoms with E-state index in [-0.39, 0.29) is 0 Å². The second kappa shape index (κ2) is 6.35. The van der Waals surface area contributed by atoms with E-state index >= 15 is 0 Å². The van der Waals surface area contributed by atoms with Gasteiger partial charge in [0.05, 0.1) is 0 Å². The van der Waals surface area contributed by atoms with Gasteiger partial charge in [-0.15, -0.1) is 0 Å². The summed E-state index contributed by atoms with van der Waals surface area (Å²) in [5.74, 6) is 1.39. The lowest BCUT2D eigenvalue weighted by Crippen LogP contribution is -2.05. The summed E-state index contributed by atoms with van der Waals surface area (Å²) >= 11 is 0. The van der Waals surface area contributed by atoms with E-state index in [1.54, 1.807) is 0 Å². The first kappa shape index (κ1) is 14.3. The minimum atomic E-state index is 0.417. The van der Waals surface area contributed by atoms with Crippen molar-refractivity contribution in [1.29, 1.82) is 0 Å². The Bertz CT molecular complexity index is 633. The van der Waals surface area contributed by atoms with Crippen LogP contribution >= 0.6 is 0 Å². The first-order valence-corrected chi connectivity index (χ1v) is 6.72. The van der Waals surface area contributed by atoms with Crippen molar-refractivity contribution >= 4 is 6.08 Å². The van der Waals surface area contributed by atoms with Crippen molar-refractivity contribution in [2.75, 3.05) is 0 Å². The molecule has 2 N–H and O–H groups in total. The van der Waals surface area contributed by atoms with Crippen molar-refractivity contribution < 1.29 is 4.74 Å². The van der Waals surface area contributed by atoms with Crippen LogP contribution in [0.5, 0.6) is 11.6 Å². The lowest BCUT2D eigenvalue weighted by molar-refractivity contribution is 0.453. The maximum atomic E-state index is 6.00. The summed E-state index contributed by atoms with van der Waals surface area (Å²) in [5, 5.41) is 0. The summed E-state index contributed by atoms with van der Waals surface area (Å²) in [5.41, 5.74) is 9.83. The third kappa shape index (κ3) is 3.06. The quantitative estimate of drug-likeness (QED) is 0.912. The highest BCUT2D eigenvalue weighted by atomic mass is 16.5. The Morgan fingerprint density at radius 2 is 2.00 bits per heavy atom. The molecule has 2 aromatic rings. The molecule has 20 heavy (non-hydrogen) atoms. The molecule has 3 heteroatoms. The highest BCUT2D eigenvalue weighted by molar-refractivity contribution is 5.57. The maximum Gasteiger partial charge on any atom is 0.224 e. The molecule has 0 saturated heterocycles. The van der Waals surface area contributed by atoms with Gasteiger partial charge in [-0.05, 0) is 38.5 Å². The highest BCUT2D eigenvalue weighted by Crippen LogP contribution is 2.29. The molecule has 1 heterocycles. The second-order valence-electron chi connectivity index (χ2n) is 4.71. The number of hydrogen-bond acceptors (Lipinski definition) is 3. The van der Waals surface area contributed by atoms with Crippen molar-refractivity contribution in [2.45, 2.75) is 27.3 Å². The Labute approximate surface area is 120 Å². The zero-order chi connectivity index (χ0) is 14.5. The normalized spacial score (nSPS) is 11.0. The van der Waals surface area contributed by atoms with Crippen LogP contribution in [0.2, 0.25) is 0 Å². The van der Waals surface area contributed by atoms with Gasteiger partial charge in [0, 0.05) is 23.4 Å². The molecular weight excluding hydrogens is 248 g/mol. The zero-order valence-corrected chi connectivity index (χ0v) is 12.2. The number of benzene rings is 1. The van der Waals surface area contributed by atoms with Crippen LogP contribution in [0.4, 0.5) is 0 Å². The third-order valence-corrected chi connectivity index (χ3v) is 3.11. The number of aryl methyl sites for hydroxylation is 2. The van der Waals surface area contributed by atoms with Gasteiger partial charge in [-0.25, -0.2) is 4.98 Å². The van der Waals surface area contributed by atoms with Gasteiger partial charge in [-0.3, -0.25) is 0 Å². The summed E-state index contributed by atoms with van der Waals surface area (Å²) in [4.78, 5) is 4.48. The summed E-state index contributed by atoms with van der Waals surface area (Å²) in [6, 6.07) is 9.91. The van der Waals surface area contributed by atoms with Crippen molar-refractivity contribution in [3.8, 4) is 11.6 Å². The van der Waals surface area contributed by atoms with E-state index in [1.807, 2.05) is 63.3 Å². The van der Waals surface area contributed by atoms with E-state index in [2.05, 4.69) is 4.98 Å². The molecule has 0 amide bonds. The van der Waals surface area contributed by atoms with Crippen molar-refractivity contribution in [3.63, 3.8) is 0 Å². The van der Waals surface area contributed by atoms with E-state index < -0.39 is 0 Å². The van der Waals surface area contributed by atoms with Gasteiger partial charge < -0.3 is 10.5 Å². The Kier molecular flexibility index (Phi) is 4.53. The Balaban J connectivity index is 2.45. The number of nitrogens with two attached hydrogens (primary N) is 1. The SMILES string of the molecule is CC=Cc1ccccc1Oc1nc(C)cc(C)c1CN. The molecule has 0 atom stereocenters.